The van der Waals surface area contributed by atoms with Crippen LogP contribution in [-0.2, 0) is 6.42 Å². The number of nitrogens with zero attached hydrogens (tertiary/aromatic N) is 3. The molecule has 0 bridgehead atoms. The van der Waals surface area contributed by atoms with E-state index in [1.165, 1.54) is 12.8 Å². The summed E-state index contributed by atoms with van der Waals surface area (Å²) in [6.07, 6.45) is 3.97. The van der Waals surface area contributed by atoms with E-state index >= 15 is 0 Å². The first-order valence-electron chi connectivity index (χ1n) is 10.7. The van der Waals surface area contributed by atoms with E-state index in [-0.39, 0.29) is 5.91 Å². The van der Waals surface area contributed by atoms with Crippen LogP contribution in [0.1, 0.15) is 40.9 Å². The van der Waals surface area contributed by atoms with Crippen LogP contribution in [0.5, 0.6) is 0 Å². The van der Waals surface area contributed by atoms with Gasteiger partial charge in [-0.15, -0.1) is 0 Å². The molecule has 5 heteroatoms. The number of aromatic nitrogens is 1. The van der Waals surface area contributed by atoms with Gasteiger partial charge in [0, 0.05) is 50.4 Å². The second-order valence-electron chi connectivity index (χ2n) is 8.09. The van der Waals surface area contributed by atoms with E-state index in [0.29, 0.717) is 6.54 Å². The number of hydrogen-bond acceptors (Lipinski definition) is 4. The Hall–Kier alpha value is -3.08. The zero-order valence-electron chi connectivity index (χ0n) is 17.8. The fraction of sp³-hybridized carbons (Fsp3) is 0.360. The highest BCUT2D eigenvalue weighted by Crippen LogP contribution is 2.27. The van der Waals surface area contributed by atoms with Crippen molar-refractivity contribution in [1.82, 2.24) is 10.1 Å². The molecule has 156 valence electrons. The lowest BCUT2D eigenvalue weighted by molar-refractivity contribution is 0.0793. The topological polar surface area (TPSA) is 49.6 Å². The summed E-state index contributed by atoms with van der Waals surface area (Å²) in [7, 11) is 1.88. The van der Waals surface area contributed by atoms with Crippen molar-refractivity contribution in [3.8, 4) is 11.3 Å². The second-order valence-corrected chi connectivity index (χ2v) is 8.09. The Bertz CT molecular complexity index is 991. The van der Waals surface area contributed by atoms with Crippen LogP contribution in [0.2, 0.25) is 0 Å². The number of aryl methyl sites for hydroxylation is 2. The molecule has 0 N–H and O–H groups in total. The Kier molecular flexibility index (Phi) is 6.17. The average molecular weight is 404 g/mol. The van der Waals surface area contributed by atoms with E-state index < -0.39 is 0 Å². The van der Waals surface area contributed by atoms with Crippen molar-refractivity contribution >= 4 is 11.6 Å². The molecule has 0 atom stereocenters. The fourth-order valence-electron chi connectivity index (χ4n) is 4.03. The van der Waals surface area contributed by atoms with E-state index in [4.69, 9.17) is 4.52 Å². The Morgan fingerprint density at radius 1 is 1.10 bits per heavy atom. The maximum atomic E-state index is 13.2. The zero-order chi connectivity index (χ0) is 20.9. The number of carbonyl (C=O) groups is 1. The Balaban J connectivity index is 1.37. The van der Waals surface area contributed by atoms with Gasteiger partial charge in [0.1, 0.15) is 11.5 Å². The monoisotopic (exact) mass is 403 g/mol. The van der Waals surface area contributed by atoms with Gasteiger partial charge in [0.05, 0.1) is 5.56 Å². The quantitative estimate of drug-likeness (QED) is 0.560. The third-order valence-corrected chi connectivity index (χ3v) is 5.72. The van der Waals surface area contributed by atoms with Gasteiger partial charge < -0.3 is 14.3 Å². The van der Waals surface area contributed by atoms with Gasteiger partial charge in [0.2, 0.25) is 0 Å². The third-order valence-electron chi connectivity index (χ3n) is 5.72. The summed E-state index contributed by atoms with van der Waals surface area (Å²) in [5.74, 6) is 0.936. The van der Waals surface area contributed by atoms with E-state index in [9.17, 15) is 4.79 Å². The van der Waals surface area contributed by atoms with Gasteiger partial charge in [0.15, 0.2) is 0 Å². The van der Waals surface area contributed by atoms with Crippen molar-refractivity contribution in [2.24, 2.45) is 0 Å². The summed E-state index contributed by atoms with van der Waals surface area (Å²) in [5, 5.41) is 4.17. The maximum absolute atomic E-state index is 13.2. The lowest BCUT2D eigenvalue weighted by Gasteiger charge is -2.24. The molecule has 0 radical (unpaired) electrons. The smallest absolute Gasteiger partial charge is 0.255 e. The molecule has 1 fully saturated rings. The van der Waals surface area contributed by atoms with Crippen molar-refractivity contribution in [3.05, 3.63) is 71.5 Å². The minimum absolute atomic E-state index is 0.0862. The predicted octanol–water partition coefficient (Wildman–Crippen LogP) is 4.96. The summed E-state index contributed by atoms with van der Waals surface area (Å²) >= 11 is 0. The summed E-state index contributed by atoms with van der Waals surface area (Å²) < 4.78 is 5.49. The van der Waals surface area contributed by atoms with Crippen molar-refractivity contribution in [1.29, 1.82) is 0 Å². The van der Waals surface area contributed by atoms with Gasteiger partial charge in [-0.05, 0) is 38.3 Å². The number of rotatable bonds is 7. The van der Waals surface area contributed by atoms with Crippen molar-refractivity contribution in [3.63, 3.8) is 0 Å². The van der Waals surface area contributed by atoms with Gasteiger partial charge >= 0.3 is 0 Å². The highest BCUT2D eigenvalue weighted by atomic mass is 16.5. The number of anilines is 1. The maximum Gasteiger partial charge on any atom is 0.255 e. The largest absolute Gasteiger partial charge is 0.371 e. The molecule has 30 heavy (non-hydrogen) atoms. The van der Waals surface area contributed by atoms with E-state index in [1.54, 1.807) is 0 Å². The third kappa shape index (κ3) is 4.56. The first-order valence-corrected chi connectivity index (χ1v) is 10.7. The van der Waals surface area contributed by atoms with Crippen molar-refractivity contribution in [2.75, 3.05) is 31.6 Å². The average Bonchev–Trinajstić information content (AvgIpc) is 3.46. The molecule has 3 aromatic rings. The van der Waals surface area contributed by atoms with Crippen LogP contribution < -0.4 is 4.90 Å². The van der Waals surface area contributed by atoms with Crippen LogP contribution in [0.3, 0.4) is 0 Å². The molecule has 4 rings (SSSR count). The molecule has 1 aliphatic rings. The Labute approximate surface area is 178 Å². The lowest BCUT2D eigenvalue weighted by Crippen LogP contribution is -2.30. The van der Waals surface area contributed by atoms with Crippen LogP contribution in [0.4, 0.5) is 5.69 Å². The zero-order valence-corrected chi connectivity index (χ0v) is 17.8. The van der Waals surface area contributed by atoms with Gasteiger partial charge in [-0.2, -0.15) is 0 Å². The molecule has 1 saturated heterocycles. The molecule has 0 unspecified atom stereocenters. The summed E-state index contributed by atoms with van der Waals surface area (Å²) in [6.45, 7) is 4.77. The van der Waals surface area contributed by atoms with E-state index in [0.717, 1.165) is 59.8 Å². The summed E-state index contributed by atoms with van der Waals surface area (Å²) in [4.78, 5) is 17.3. The van der Waals surface area contributed by atoms with Crippen LogP contribution in [0.15, 0.2) is 59.1 Å². The molecule has 1 aromatic heterocycles. The first kappa shape index (κ1) is 20.2. The van der Waals surface area contributed by atoms with Crippen molar-refractivity contribution in [2.45, 2.75) is 32.6 Å². The first-order chi connectivity index (χ1) is 14.6. The van der Waals surface area contributed by atoms with Crippen LogP contribution in [0, 0.1) is 6.92 Å². The van der Waals surface area contributed by atoms with Gasteiger partial charge in [-0.3, -0.25) is 4.79 Å². The minimum atomic E-state index is 0.0862. The summed E-state index contributed by atoms with van der Waals surface area (Å²) in [5.41, 5.74) is 4.90. The molecular weight excluding hydrogens is 374 g/mol. The van der Waals surface area contributed by atoms with E-state index in [2.05, 4.69) is 22.2 Å². The number of carbonyl (C=O) groups excluding carboxylic acids is 1. The Morgan fingerprint density at radius 2 is 1.87 bits per heavy atom. The van der Waals surface area contributed by atoms with Gasteiger partial charge in [-0.1, -0.05) is 47.1 Å². The second kappa shape index (κ2) is 9.16. The molecular formula is C25H29N3O2. The van der Waals surface area contributed by atoms with Crippen LogP contribution in [-0.4, -0.2) is 42.6 Å². The fourth-order valence-corrected chi connectivity index (χ4v) is 4.03. The van der Waals surface area contributed by atoms with Crippen LogP contribution >= 0.6 is 0 Å². The molecule has 2 aromatic carbocycles. The lowest BCUT2D eigenvalue weighted by atomic mass is 10.1. The summed E-state index contributed by atoms with van der Waals surface area (Å²) in [6, 6.07) is 18.2. The highest BCUT2D eigenvalue weighted by Gasteiger charge is 2.21. The van der Waals surface area contributed by atoms with Crippen molar-refractivity contribution < 1.29 is 9.32 Å². The normalized spacial score (nSPS) is 13.6. The molecule has 0 spiro atoms. The highest BCUT2D eigenvalue weighted by molar-refractivity contribution is 6.00. The van der Waals surface area contributed by atoms with Gasteiger partial charge in [0.25, 0.3) is 5.91 Å². The number of hydrogen-bond donors (Lipinski definition) is 0. The predicted molar refractivity (Wildman–Crippen MR) is 120 cm³/mol. The molecule has 1 amide bonds. The molecule has 2 heterocycles. The standard InChI is InChI=1S/C25H29N3O2/c1-19-12-13-24(28-15-6-7-16-28)22(17-19)25(29)27(2)14-8-11-21-18-23(26-30-21)20-9-4-3-5-10-20/h3-5,9-10,12-13,17-18H,6-8,11,14-16H2,1-2H3. The molecule has 1 aliphatic heterocycles. The van der Waals surface area contributed by atoms with Gasteiger partial charge in [-0.25, -0.2) is 0 Å². The Morgan fingerprint density at radius 3 is 2.63 bits per heavy atom. The molecule has 5 nitrogen and oxygen atoms in total. The molecule has 0 aliphatic carbocycles. The molecule has 0 saturated carbocycles. The number of amides is 1. The minimum Gasteiger partial charge on any atom is -0.371 e. The van der Waals surface area contributed by atoms with E-state index in [1.807, 2.05) is 61.3 Å². The number of benzene rings is 2. The van der Waals surface area contributed by atoms with Crippen LogP contribution in [0.25, 0.3) is 11.3 Å². The SMILES string of the molecule is Cc1ccc(N2CCCC2)c(C(=O)N(C)CCCc2cc(-c3ccccc3)no2)c1.